The average Bonchev–Trinajstić information content (AvgIpc) is 1.78. The molecule has 0 saturated carbocycles. The largest absolute Gasteiger partial charge is 0.420 e. The molecule has 0 aromatic heterocycles. The number of hydrogen-bond acceptors (Lipinski definition) is 1. The van der Waals surface area contributed by atoms with Gasteiger partial charge >= 0.3 is 6.18 Å². The van der Waals surface area contributed by atoms with Crippen molar-refractivity contribution in [2.24, 2.45) is 0 Å². The summed E-state index contributed by atoms with van der Waals surface area (Å²) in [6, 6.07) is 0. The maximum atomic E-state index is 12.3. The fraction of sp³-hybridized carbons (Fsp3) is 1.00. The summed E-state index contributed by atoms with van der Waals surface area (Å²) in [6.07, 6.45) is -7.53. The second-order valence-corrected chi connectivity index (χ2v) is 3.64. The average molecular weight is 187 g/mol. The highest BCUT2D eigenvalue weighted by molar-refractivity contribution is 4.76. The van der Waals surface area contributed by atoms with E-state index in [1.54, 1.807) is 20.8 Å². The first-order chi connectivity index (χ1) is 5.13. The van der Waals surface area contributed by atoms with Crippen molar-refractivity contribution in [3.63, 3.8) is 0 Å². The highest BCUT2D eigenvalue weighted by Crippen LogP contribution is 2.22. The van der Waals surface area contributed by atoms with Gasteiger partial charge in [-0.1, -0.05) is 0 Å². The Labute approximate surface area is 69.1 Å². The molecule has 0 heterocycles. The van der Waals surface area contributed by atoms with Gasteiger partial charge in [0.25, 0.3) is 0 Å². The number of nitrogens with one attached hydrogen (secondary N) is 1. The van der Waals surface area contributed by atoms with Gasteiger partial charge in [-0.25, -0.2) is 4.39 Å². The molecule has 1 N–H and O–H groups in total. The summed E-state index contributed by atoms with van der Waals surface area (Å²) >= 11 is 0. The second-order valence-electron chi connectivity index (χ2n) is 3.64. The van der Waals surface area contributed by atoms with Gasteiger partial charge in [-0.3, -0.25) is 0 Å². The third-order valence-corrected chi connectivity index (χ3v) is 1.17. The minimum absolute atomic E-state index is 0.490. The molecule has 0 aliphatic carbocycles. The quantitative estimate of drug-likeness (QED) is 0.654. The lowest BCUT2D eigenvalue weighted by Gasteiger charge is -2.22. The van der Waals surface area contributed by atoms with Gasteiger partial charge in [0.05, 0.1) is 0 Å². The summed E-state index contributed by atoms with van der Waals surface area (Å²) < 4.78 is 47.1. The summed E-state index contributed by atoms with van der Waals surface area (Å²) in [5.41, 5.74) is -0.490. The van der Waals surface area contributed by atoms with E-state index in [9.17, 15) is 17.6 Å². The Kier molecular flexibility index (Phi) is 3.50. The molecule has 5 heteroatoms. The van der Waals surface area contributed by atoms with Crippen molar-refractivity contribution in [1.29, 1.82) is 0 Å². The zero-order chi connectivity index (χ0) is 9.99. The molecular formula is C7H13F4N. The van der Waals surface area contributed by atoms with Crippen molar-refractivity contribution >= 4 is 0 Å². The van der Waals surface area contributed by atoms with Gasteiger partial charge in [-0.05, 0) is 20.8 Å². The lowest BCUT2D eigenvalue weighted by atomic mass is 10.1. The minimum Gasteiger partial charge on any atom is -0.309 e. The predicted octanol–water partition coefficient (Wildman–Crippen LogP) is 2.27. The fourth-order valence-electron chi connectivity index (χ4n) is 0.512. The molecule has 0 saturated heterocycles. The molecule has 0 aliphatic rings. The van der Waals surface area contributed by atoms with Crippen LogP contribution >= 0.6 is 0 Å². The zero-order valence-electron chi connectivity index (χ0n) is 7.30. The van der Waals surface area contributed by atoms with Crippen LogP contribution in [0.4, 0.5) is 17.6 Å². The highest BCUT2D eigenvalue weighted by Gasteiger charge is 2.40. The number of alkyl halides is 4. The second kappa shape index (κ2) is 3.60. The van der Waals surface area contributed by atoms with E-state index in [-0.39, 0.29) is 0 Å². The highest BCUT2D eigenvalue weighted by atomic mass is 19.4. The molecule has 1 unspecified atom stereocenters. The molecule has 12 heavy (non-hydrogen) atoms. The van der Waals surface area contributed by atoms with E-state index >= 15 is 0 Å². The Morgan fingerprint density at radius 3 is 1.83 bits per heavy atom. The van der Waals surface area contributed by atoms with Crippen LogP contribution in [-0.2, 0) is 0 Å². The van der Waals surface area contributed by atoms with E-state index in [4.69, 9.17) is 0 Å². The summed E-state index contributed by atoms with van der Waals surface area (Å²) in [6.45, 7) is 4.34. The van der Waals surface area contributed by atoms with Crippen LogP contribution in [-0.4, -0.2) is 24.4 Å². The van der Waals surface area contributed by atoms with Crippen LogP contribution in [0, 0.1) is 0 Å². The van der Waals surface area contributed by atoms with Crippen molar-refractivity contribution in [3.8, 4) is 0 Å². The Hall–Kier alpha value is -0.320. The molecule has 0 aliphatic heterocycles. The van der Waals surface area contributed by atoms with Gasteiger partial charge < -0.3 is 5.32 Å². The Morgan fingerprint density at radius 2 is 1.58 bits per heavy atom. The predicted molar refractivity (Wildman–Crippen MR) is 38.7 cm³/mol. The van der Waals surface area contributed by atoms with Gasteiger partial charge in [-0.2, -0.15) is 13.2 Å². The lowest BCUT2D eigenvalue weighted by molar-refractivity contribution is -0.179. The zero-order valence-corrected chi connectivity index (χ0v) is 7.30. The molecule has 0 rings (SSSR count). The van der Waals surface area contributed by atoms with Crippen molar-refractivity contribution in [2.75, 3.05) is 6.54 Å². The van der Waals surface area contributed by atoms with E-state index in [1.807, 2.05) is 0 Å². The van der Waals surface area contributed by atoms with Crippen molar-refractivity contribution < 1.29 is 17.6 Å². The first-order valence-electron chi connectivity index (χ1n) is 3.59. The van der Waals surface area contributed by atoms with Crippen molar-refractivity contribution in [3.05, 3.63) is 0 Å². The fourth-order valence-corrected chi connectivity index (χ4v) is 0.512. The maximum absolute atomic E-state index is 12.3. The number of halogens is 4. The molecule has 1 atom stereocenters. The summed E-state index contributed by atoms with van der Waals surface area (Å²) in [5, 5.41) is 2.43. The standard InChI is InChI=1S/C7H13F4N/c1-6(2,3)12-4-5(8)7(9,10)11/h5,12H,4H2,1-3H3. The Balaban J connectivity index is 3.80. The summed E-state index contributed by atoms with van der Waals surface area (Å²) in [5.74, 6) is 0. The molecule has 0 fully saturated rings. The summed E-state index contributed by atoms with van der Waals surface area (Å²) in [4.78, 5) is 0. The normalized spacial score (nSPS) is 16.2. The third-order valence-electron chi connectivity index (χ3n) is 1.17. The van der Waals surface area contributed by atoms with E-state index in [2.05, 4.69) is 5.32 Å². The maximum Gasteiger partial charge on any atom is 0.420 e. The van der Waals surface area contributed by atoms with Gasteiger partial charge in [0.2, 0.25) is 6.17 Å². The Morgan fingerprint density at radius 1 is 1.17 bits per heavy atom. The van der Waals surface area contributed by atoms with E-state index < -0.39 is 24.4 Å². The van der Waals surface area contributed by atoms with Gasteiger partial charge in [0.1, 0.15) is 0 Å². The minimum atomic E-state index is -4.75. The molecule has 1 nitrogen and oxygen atoms in total. The Bertz CT molecular complexity index is 135. The lowest BCUT2D eigenvalue weighted by Crippen LogP contribution is -2.43. The van der Waals surface area contributed by atoms with Crippen LogP contribution in [0.2, 0.25) is 0 Å². The van der Waals surface area contributed by atoms with Crippen LogP contribution < -0.4 is 5.32 Å². The van der Waals surface area contributed by atoms with Gasteiger partial charge in [0, 0.05) is 12.1 Å². The summed E-state index contributed by atoms with van der Waals surface area (Å²) in [7, 11) is 0. The molecule has 0 amide bonds. The molecule has 74 valence electrons. The first kappa shape index (κ1) is 11.7. The molecule has 0 aromatic rings. The molecule has 0 aromatic carbocycles. The van der Waals surface area contributed by atoms with Gasteiger partial charge in [-0.15, -0.1) is 0 Å². The van der Waals surface area contributed by atoms with Crippen LogP contribution in [0.3, 0.4) is 0 Å². The molecule has 0 radical (unpaired) electrons. The number of rotatable bonds is 2. The van der Waals surface area contributed by atoms with Crippen LogP contribution in [0.25, 0.3) is 0 Å². The monoisotopic (exact) mass is 187 g/mol. The molecular weight excluding hydrogens is 174 g/mol. The molecule has 0 bridgehead atoms. The van der Waals surface area contributed by atoms with Crippen LogP contribution in [0.15, 0.2) is 0 Å². The van der Waals surface area contributed by atoms with Crippen LogP contribution in [0.1, 0.15) is 20.8 Å². The number of hydrogen-bond donors (Lipinski definition) is 1. The SMILES string of the molecule is CC(C)(C)NCC(F)C(F)(F)F. The van der Waals surface area contributed by atoms with Crippen molar-refractivity contribution in [1.82, 2.24) is 5.32 Å². The topological polar surface area (TPSA) is 12.0 Å². The van der Waals surface area contributed by atoms with Gasteiger partial charge in [0.15, 0.2) is 0 Å². The van der Waals surface area contributed by atoms with Crippen molar-refractivity contribution in [2.45, 2.75) is 38.7 Å². The van der Waals surface area contributed by atoms with Crippen LogP contribution in [0.5, 0.6) is 0 Å². The molecule has 0 spiro atoms. The van der Waals surface area contributed by atoms with E-state index in [1.165, 1.54) is 0 Å². The third kappa shape index (κ3) is 5.35. The smallest absolute Gasteiger partial charge is 0.309 e. The van der Waals surface area contributed by atoms with E-state index in [0.717, 1.165) is 0 Å². The van der Waals surface area contributed by atoms with E-state index in [0.29, 0.717) is 0 Å². The first-order valence-corrected chi connectivity index (χ1v) is 3.59.